The van der Waals surface area contributed by atoms with E-state index in [9.17, 15) is 52.7 Å². The minimum Gasteiger partial charge on any atom is -0.483 e. The molecule has 0 aromatic heterocycles. The fraction of sp³-hybridized carbons (Fsp3) is 0.0769. The topological polar surface area (TPSA) is 148 Å². The van der Waals surface area contributed by atoms with Crippen LogP contribution in [0.4, 0.5) is 105 Å². The smallest absolute Gasteiger partial charge is 0.460 e. The summed E-state index contributed by atoms with van der Waals surface area (Å²) >= 11 is 6.08. The molecule has 0 spiro atoms. The zero-order chi connectivity index (χ0) is 91.0. The molecule has 0 atom stereocenters. The van der Waals surface area contributed by atoms with E-state index in [0.29, 0.717) is 0 Å². The number of nitrogens with zero attached hydrogens (tertiary/aromatic N) is 3. The van der Waals surface area contributed by atoms with Crippen molar-refractivity contribution in [1.82, 2.24) is 0 Å². The monoisotopic (exact) mass is 2520 g/mol. The second-order valence-corrected chi connectivity index (χ2v) is 37.9. The lowest BCUT2D eigenvalue weighted by Gasteiger charge is -2.33. The Labute approximate surface area is 774 Å². The quantitative estimate of drug-likeness (QED) is 0.0139. The summed E-state index contributed by atoms with van der Waals surface area (Å²) in [5.74, 6) is -56.7. The predicted octanol–water partition coefficient (Wildman–Crippen LogP) is 28.8. The SMILES string of the molecule is Fc1c(F)c(OCc2ccc(OP3(Oc4ccc(COc5c(F)c(F)c(I)c(F)c5F)cc4)=NP(Oc4ccc(COc5c(F)c(F)c(I)c(F)c5F)cc4)(Oc4ccc(COc5c(F)c(F)c(I)c(F)c5F)cc4)=NP(Oc4ccc(COc5c(F)c(F)c(I)c(F)c5F)cc4)(Oc4ccc(COc5c(F)c(F)c(I)c(F)c5F)cc4)=N3)cc2)c(F)c(F)c1I. The van der Waals surface area contributed by atoms with Crippen LogP contribution >= 0.6 is 159 Å². The first-order chi connectivity index (χ1) is 59.7. The Kier molecular flexibility index (Phi) is 29.9. The highest BCUT2D eigenvalue weighted by Gasteiger charge is 2.50. The Bertz CT molecular complexity index is 5330. The van der Waals surface area contributed by atoms with Gasteiger partial charge in [0.15, 0.2) is 104 Å². The maximum absolute atomic E-state index is 15.2. The summed E-state index contributed by atoms with van der Waals surface area (Å²) in [6, 6.07) is 26.4. The van der Waals surface area contributed by atoms with E-state index in [2.05, 4.69) is 0 Å². The van der Waals surface area contributed by atoms with Gasteiger partial charge in [-0.2, -0.15) is 52.7 Å². The number of halogens is 30. The van der Waals surface area contributed by atoms with Crippen LogP contribution in [0.1, 0.15) is 33.4 Å². The van der Waals surface area contributed by atoms with Crippen molar-refractivity contribution in [2.45, 2.75) is 39.6 Å². The molecule has 12 aromatic carbocycles. The molecule has 0 fully saturated rings. The van der Waals surface area contributed by atoms with Gasteiger partial charge < -0.3 is 55.6 Å². The highest BCUT2D eigenvalue weighted by molar-refractivity contribution is 14.1. The van der Waals surface area contributed by atoms with Gasteiger partial charge in [-0.1, -0.05) is 86.3 Å². The Morgan fingerprint density at radius 1 is 0.167 bits per heavy atom. The number of hydrogen-bond donors (Lipinski definition) is 0. The maximum atomic E-state index is 15.2. The van der Waals surface area contributed by atoms with Gasteiger partial charge in [-0.3, -0.25) is 0 Å². The van der Waals surface area contributed by atoms with Crippen LogP contribution in [0, 0.1) is 161 Å². The fourth-order valence-electron chi connectivity index (χ4n) is 10.7. The van der Waals surface area contributed by atoms with E-state index < -0.39 is 293 Å². The normalized spacial score (nSPS) is 13.1. The minimum absolute atomic E-state index is 0.0652. The molecule has 0 saturated carbocycles. The van der Waals surface area contributed by atoms with Crippen molar-refractivity contribution in [2.75, 3.05) is 0 Å². The Balaban J connectivity index is 1.02. The van der Waals surface area contributed by atoms with E-state index in [0.717, 1.165) is 281 Å². The lowest BCUT2D eigenvalue weighted by Crippen LogP contribution is -2.11. The van der Waals surface area contributed by atoms with Gasteiger partial charge in [-0.05, 0) is 242 Å². The van der Waals surface area contributed by atoms with Gasteiger partial charge in [0.1, 0.15) is 74.1 Å². The van der Waals surface area contributed by atoms with Crippen molar-refractivity contribution >= 4 is 159 Å². The van der Waals surface area contributed by atoms with Crippen LogP contribution in [-0.4, -0.2) is 0 Å². The van der Waals surface area contributed by atoms with Gasteiger partial charge in [0.05, 0.1) is 21.4 Å². The molecule has 1 aliphatic rings. The Morgan fingerprint density at radius 3 is 0.373 bits per heavy atom. The molecule has 1 aliphatic heterocycles. The first-order valence-corrected chi connectivity index (χ1v) is 45.3. The van der Waals surface area contributed by atoms with E-state index >= 15 is 52.7 Å². The van der Waals surface area contributed by atoms with Crippen LogP contribution in [0.25, 0.3) is 0 Å². The molecule has 12 aromatic rings. The van der Waals surface area contributed by atoms with Gasteiger partial charge in [0.25, 0.3) is 0 Å². The zero-order valence-electron chi connectivity index (χ0n) is 61.0. The van der Waals surface area contributed by atoms with Gasteiger partial charge in [-0.15, -0.1) is 0 Å². The Morgan fingerprint density at radius 2 is 0.270 bits per heavy atom. The largest absolute Gasteiger partial charge is 0.483 e. The van der Waals surface area contributed by atoms with Crippen LogP contribution in [0.2, 0.25) is 0 Å². The standard InChI is InChI=1S/C78H36F24I6N3O12P3/c79-43-55(91)73(56(92)44(80)67(43)103)112-25-31-1-13-37(14-2-31)118-124(119-38-15-3-32(4-16-38)26-113-74-57(93)45(81)68(104)46(82)58(74)94)109-125(120-39-17-5-33(6-18-39)27-114-75-59(95)47(83)69(105)48(84)60(75)96,121-40-19-7-34(8-20-40)28-115-76-61(97)49(85)70(106)50(86)62(76)98)111-126(110-124,122-41-21-9-35(10-22-41)29-116-77-63(99)51(87)71(107)52(88)64(77)100)123-42-23-11-36(12-24-42)30-117-78-65(101)53(89)72(108)54(90)66(78)102/h1-24H,25-30H2. The molecule has 13 rings (SSSR count). The van der Waals surface area contributed by atoms with E-state index in [-0.39, 0.29) is 33.4 Å². The van der Waals surface area contributed by atoms with Crippen LogP contribution in [0.3, 0.4) is 0 Å². The minimum atomic E-state index is -5.43. The van der Waals surface area contributed by atoms with Crippen LogP contribution in [-0.2, 0) is 39.6 Å². The molecule has 1 heterocycles. The number of ether oxygens (including phenoxy) is 6. The average molecular weight is 2520 g/mol. The summed E-state index contributed by atoms with van der Waals surface area (Å²) in [4.78, 5) is 0. The summed E-state index contributed by atoms with van der Waals surface area (Å²) < 4.78 is 441. The molecule has 126 heavy (non-hydrogen) atoms. The molecule has 0 aliphatic carbocycles. The van der Waals surface area contributed by atoms with E-state index in [4.69, 9.17) is 69.1 Å². The molecule has 660 valence electrons. The van der Waals surface area contributed by atoms with Crippen molar-refractivity contribution in [2.24, 2.45) is 13.5 Å². The molecule has 0 N–H and O–H groups in total. The molecule has 0 amide bonds. The van der Waals surface area contributed by atoms with Crippen molar-refractivity contribution < 1.29 is 161 Å². The van der Waals surface area contributed by atoms with Crippen LogP contribution < -0.4 is 55.6 Å². The van der Waals surface area contributed by atoms with Crippen LogP contribution in [0.15, 0.2) is 159 Å². The summed E-state index contributed by atoms with van der Waals surface area (Å²) in [5.41, 5.74) is -0.391. The van der Waals surface area contributed by atoms with E-state index in [1.807, 2.05) is 0 Å². The van der Waals surface area contributed by atoms with Crippen molar-refractivity contribution in [1.29, 1.82) is 0 Å². The highest BCUT2D eigenvalue weighted by atomic mass is 127. The first-order valence-electron chi connectivity index (χ1n) is 34.2. The summed E-state index contributed by atoms with van der Waals surface area (Å²) in [6.45, 7) is -5.25. The lowest BCUT2D eigenvalue weighted by molar-refractivity contribution is 0.260. The number of hydrogen-bond acceptors (Lipinski definition) is 15. The third-order valence-corrected chi connectivity index (χ3v) is 30.7. The van der Waals surface area contributed by atoms with Crippen molar-refractivity contribution in [3.05, 3.63) is 340 Å². The third-order valence-electron chi connectivity index (χ3n) is 16.9. The fourth-order valence-corrected chi connectivity index (χ4v) is 22.6. The summed E-state index contributed by atoms with van der Waals surface area (Å²) in [7, 11) is -16.3. The number of benzene rings is 12. The second kappa shape index (κ2) is 39.5. The molecule has 0 bridgehead atoms. The molecule has 0 unspecified atom stereocenters. The second-order valence-electron chi connectivity index (χ2n) is 25.3. The number of rotatable bonds is 30. The molecular weight excluding hydrogens is 2480 g/mol. The molecular formula is C78H36F24I6N3O12P3. The Hall–Kier alpha value is -8.37. The third kappa shape index (κ3) is 20.3. The van der Waals surface area contributed by atoms with E-state index in [1.165, 1.54) is 0 Å². The summed E-state index contributed by atoms with van der Waals surface area (Å²) in [6.07, 6.45) is 0. The predicted molar refractivity (Wildman–Crippen MR) is 450 cm³/mol. The van der Waals surface area contributed by atoms with Crippen LogP contribution in [0.5, 0.6) is 69.0 Å². The van der Waals surface area contributed by atoms with E-state index in [1.54, 1.807) is 0 Å². The molecule has 15 nitrogen and oxygen atoms in total. The van der Waals surface area contributed by atoms with Gasteiger partial charge in [0, 0.05) is 0 Å². The highest BCUT2D eigenvalue weighted by Crippen LogP contribution is 2.79. The van der Waals surface area contributed by atoms with Gasteiger partial charge >= 0.3 is 23.0 Å². The van der Waals surface area contributed by atoms with Crippen molar-refractivity contribution in [3.8, 4) is 69.0 Å². The maximum Gasteiger partial charge on any atom is 0.460 e. The first kappa shape index (κ1) is 95.2. The zero-order valence-corrected chi connectivity index (χ0v) is 76.6. The van der Waals surface area contributed by atoms with Gasteiger partial charge in [0.2, 0.25) is 69.8 Å². The lowest BCUT2D eigenvalue weighted by atomic mass is 10.2. The van der Waals surface area contributed by atoms with Crippen molar-refractivity contribution in [3.63, 3.8) is 0 Å². The molecule has 48 heteroatoms. The summed E-state index contributed by atoms with van der Waals surface area (Å²) in [5, 5.41) is 0. The molecule has 0 saturated heterocycles. The molecule has 0 radical (unpaired) electrons. The van der Waals surface area contributed by atoms with Gasteiger partial charge in [-0.25, -0.2) is 52.7 Å². The average Bonchev–Trinajstić information content (AvgIpc) is 0.725.